The minimum Gasteiger partial charge on any atom is -0.484 e. The van der Waals surface area contributed by atoms with Gasteiger partial charge in [-0.15, -0.1) is 0 Å². The summed E-state index contributed by atoms with van der Waals surface area (Å²) < 4.78 is 5.62. The summed E-state index contributed by atoms with van der Waals surface area (Å²) >= 11 is 0. The largest absolute Gasteiger partial charge is 0.484 e. The molecule has 0 aromatic heterocycles. The second-order valence-corrected chi connectivity index (χ2v) is 6.61. The van der Waals surface area contributed by atoms with Gasteiger partial charge in [0.2, 0.25) is 0 Å². The van der Waals surface area contributed by atoms with Gasteiger partial charge in [-0.2, -0.15) is 0 Å². The van der Waals surface area contributed by atoms with Crippen molar-refractivity contribution in [3.05, 3.63) is 59.7 Å². The average Bonchev–Trinajstić information content (AvgIpc) is 2.66. The minimum absolute atomic E-state index is 0.0114. The van der Waals surface area contributed by atoms with Crippen molar-refractivity contribution >= 4 is 11.6 Å². The summed E-state index contributed by atoms with van der Waals surface area (Å²) in [6.07, 6.45) is 2.14. The van der Waals surface area contributed by atoms with Crippen molar-refractivity contribution in [3.63, 3.8) is 0 Å². The van der Waals surface area contributed by atoms with E-state index in [1.165, 1.54) is 5.56 Å². The summed E-state index contributed by atoms with van der Waals surface area (Å²) in [5.74, 6) is 1.53. The fourth-order valence-electron chi connectivity index (χ4n) is 2.72. The Labute approximate surface area is 151 Å². The first kappa shape index (κ1) is 19.0. The van der Waals surface area contributed by atoms with E-state index in [-0.39, 0.29) is 12.5 Å². The summed E-state index contributed by atoms with van der Waals surface area (Å²) in [6, 6.07) is 16.0. The van der Waals surface area contributed by atoms with Crippen molar-refractivity contribution in [1.82, 2.24) is 0 Å². The molecule has 0 heterocycles. The first-order valence-corrected chi connectivity index (χ1v) is 9.16. The summed E-state index contributed by atoms with van der Waals surface area (Å²) in [6.45, 7) is 8.71. The molecule has 2 aromatic rings. The number of hydrogen-bond donors (Lipinski definition) is 1. The van der Waals surface area contributed by atoms with Gasteiger partial charge in [-0.3, -0.25) is 4.79 Å². The lowest BCUT2D eigenvalue weighted by molar-refractivity contribution is -0.118. The van der Waals surface area contributed by atoms with Crippen LogP contribution < -0.4 is 10.1 Å². The maximum absolute atomic E-state index is 12.2. The van der Waals surface area contributed by atoms with E-state index < -0.39 is 0 Å². The highest BCUT2D eigenvalue weighted by Gasteiger charge is 2.11. The van der Waals surface area contributed by atoms with Crippen molar-refractivity contribution < 1.29 is 9.53 Å². The molecule has 0 radical (unpaired) electrons. The number of carbonyl (C=O) groups is 1. The van der Waals surface area contributed by atoms with E-state index in [2.05, 4.69) is 51.2 Å². The van der Waals surface area contributed by atoms with Crippen LogP contribution in [-0.2, 0) is 4.79 Å². The molecule has 0 fully saturated rings. The highest BCUT2D eigenvalue weighted by molar-refractivity contribution is 5.92. The fraction of sp³-hybridized carbons (Fsp3) is 0.409. The van der Waals surface area contributed by atoms with Gasteiger partial charge in [-0.05, 0) is 54.0 Å². The molecule has 0 saturated carbocycles. The lowest BCUT2D eigenvalue weighted by Crippen LogP contribution is -2.21. The SMILES string of the molecule is CCC(C)c1ccc(OCC(=O)Nc2ccccc2C(C)CC)cc1. The number of nitrogens with one attached hydrogen (secondary N) is 1. The zero-order valence-corrected chi connectivity index (χ0v) is 15.7. The van der Waals surface area contributed by atoms with Crippen molar-refractivity contribution in [1.29, 1.82) is 0 Å². The zero-order valence-electron chi connectivity index (χ0n) is 15.7. The van der Waals surface area contributed by atoms with Gasteiger partial charge in [-0.25, -0.2) is 0 Å². The van der Waals surface area contributed by atoms with Gasteiger partial charge in [-0.1, -0.05) is 58.0 Å². The molecule has 0 aliphatic rings. The van der Waals surface area contributed by atoms with Gasteiger partial charge in [0.05, 0.1) is 0 Å². The van der Waals surface area contributed by atoms with Gasteiger partial charge in [0.1, 0.15) is 5.75 Å². The molecule has 2 unspecified atom stereocenters. The number of benzene rings is 2. The molecule has 2 atom stereocenters. The highest BCUT2D eigenvalue weighted by Crippen LogP contribution is 2.26. The molecule has 0 aliphatic carbocycles. The van der Waals surface area contributed by atoms with Crippen LogP contribution in [0.3, 0.4) is 0 Å². The third-order valence-electron chi connectivity index (χ3n) is 4.81. The van der Waals surface area contributed by atoms with E-state index in [4.69, 9.17) is 4.74 Å². The van der Waals surface area contributed by atoms with E-state index >= 15 is 0 Å². The van der Waals surface area contributed by atoms with Crippen LogP contribution in [0.15, 0.2) is 48.5 Å². The number of rotatable bonds is 8. The van der Waals surface area contributed by atoms with E-state index in [0.29, 0.717) is 11.8 Å². The zero-order chi connectivity index (χ0) is 18.2. The van der Waals surface area contributed by atoms with Gasteiger partial charge in [0.15, 0.2) is 6.61 Å². The molecule has 1 amide bonds. The second kappa shape index (κ2) is 9.26. The van der Waals surface area contributed by atoms with E-state index in [0.717, 1.165) is 29.8 Å². The Morgan fingerprint density at radius 2 is 1.60 bits per heavy atom. The Morgan fingerprint density at radius 3 is 2.24 bits per heavy atom. The highest BCUT2D eigenvalue weighted by atomic mass is 16.5. The van der Waals surface area contributed by atoms with Crippen LogP contribution in [0, 0.1) is 0 Å². The topological polar surface area (TPSA) is 38.3 Å². The Balaban J connectivity index is 1.93. The molecule has 3 nitrogen and oxygen atoms in total. The van der Waals surface area contributed by atoms with Gasteiger partial charge in [0.25, 0.3) is 5.91 Å². The van der Waals surface area contributed by atoms with Gasteiger partial charge < -0.3 is 10.1 Å². The smallest absolute Gasteiger partial charge is 0.262 e. The molecule has 3 heteroatoms. The molecule has 1 N–H and O–H groups in total. The quantitative estimate of drug-likeness (QED) is 0.667. The minimum atomic E-state index is -0.137. The average molecular weight is 339 g/mol. The Morgan fingerprint density at radius 1 is 0.960 bits per heavy atom. The van der Waals surface area contributed by atoms with Gasteiger partial charge in [0, 0.05) is 5.69 Å². The molecule has 2 rings (SSSR count). The number of ether oxygens (including phenoxy) is 1. The first-order chi connectivity index (χ1) is 12.0. The number of hydrogen-bond acceptors (Lipinski definition) is 2. The number of anilines is 1. The third-order valence-corrected chi connectivity index (χ3v) is 4.81. The maximum Gasteiger partial charge on any atom is 0.262 e. The van der Waals surface area contributed by atoms with Crippen molar-refractivity contribution in [2.75, 3.05) is 11.9 Å². The summed E-state index contributed by atoms with van der Waals surface area (Å²) in [4.78, 5) is 12.2. The van der Waals surface area contributed by atoms with Crippen LogP contribution in [0.25, 0.3) is 0 Å². The summed E-state index contributed by atoms with van der Waals surface area (Å²) in [5.41, 5.74) is 3.33. The molecule has 25 heavy (non-hydrogen) atoms. The van der Waals surface area contributed by atoms with E-state index in [1.54, 1.807) is 0 Å². The lowest BCUT2D eigenvalue weighted by Gasteiger charge is -2.16. The van der Waals surface area contributed by atoms with Crippen LogP contribution in [-0.4, -0.2) is 12.5 Å². The fourth-order valence-corrected chi connectivity index (χ4v) is 2.72. The van der Waals surface area contributed by atoms with Gasteiger partial charge >= 0.3 is 0 Å². The third kappa shape index (κ3) is 5.35. The molecule has 134 valence electrons. The van der Waals surface area contributed by atoms with Crippen LogP contribution in [0.4, 0.5) is 5.69 Å². The predicted molar refractivity (Wildman–Crippen MR) is 104 cm³/mol. The molecule has 0 bridgehead atoms. The summed E-state index contributed by atoms with van der Waals surface area (Å²) in [5, 5.41) is 2.97. The maximum atomic E-state index is 12.2. The molecular weight excluding hydrogens is 310 g/mol. The molecular formula is C22H29NO2. The number of para-hydroxylation sites is 1. The van der Waals surface area contributed by atoms with Crippen molar-refractivity contribution in [2.45, 2.75) is 52.4 Å². The molecule has 2 aromatic carbocycles. The van der Waals surface area contributed by atoms with Crippen molar-refractivity contribution in [3.8, 4) is 5.75 Å². The van der Waals surface area contributed by atoms with Crippen LogP contribution >= 0.6 is 0 Å². The number of carbonyl (C=O) groups excluding carboxylic acids is 1. The van der Waals surface area contributed by atoms with Crippen LogP contribution in [0.2, 0.25) is 0 Å². The monoisotopic (exact) mass is 339 g/mol. The molecule has 0 saturated heterocycles. The summed E-state index contributed by atoms with van der Waals surface area (Å²) in [7, 11) is 0. The Bertz CT molecular complexity index is 679. The lowest BCUT2D eigenvalue weighted by atomic mass is 9.97. The van der Waals surface area contributed by atoms with Crippen LogP contribution in [0.5, 0.6) is 5.75 Å². The Hall–Kier alpha value is -2.29. The molecule has 0 spiro atoms. The second-order valence-electron chi connectivity index (χ2n) is 6.61. The van der Waals surface area contributed by atoms with Crippen molar-refractivity contribution in [2.24, 2.45) is 0 Å². The normalized spacial score (nSPS) is 13.1. The first-order valence-electron chi connectivity index (χ1n) is 9.16. The van der Waals surface area contributed by atoms with Crippen LogP contribution in [0.1, 0.15) is 63.5 Å². The van der Waals surface area contributed by atoms with E-state index in [1.807, 2.05) is 30.3 Å². The standard InChI is InChI=1S/C22H29NO2/c1-5-16(3)18-11-13-19(14-12-18)25-15-22(24)23-21-10-8-7-9-20(21)17(4)6-2/h7-14,16-17H,5-6,15H2,1-4H3,(H,23,24). The predicted octanol–water partition coefficient (Wildman–Crippen LogP) is 5.73. The Kier molecular flexibility index (Phi) is 7.05. The van der Waals surface area contributed by atoms with E-state index in [9.17, 15) is 4.79 Å². The molecule has 0 aliphatic heterocycles. The number of amides is 1.